The van der Waals surface area contributed by atoms with Crippen LogP contribution in [-0.4, -0.2) is 47.0 Å². The topological polar surface area (TPSA) is 112 Å². The summed E-state index contributed by atoms with van der Waals surface area (Å²) < 4.78 is 5.42. The molecule has 0 aliphatic rings. The minimum Gasteiger partial charge on any atom is -0.444 e. The summed E-state index contributed by atoms with van der Waals surface area (Å²) in [5, 5.41) is 15.4. The van der Waals surface area contributed by atoms with Crippen LogP contribution >= 0.6 is 0 Å². The molecule has 3 atom stereocenters. The summed E-state index contributed by atoms with van der Waals surface area (Å²) >= 11 is 0. The maximum absolute atomic E-state index is 14.1. The van der Waals surface area contributed by atoms with Gasteiger partial charge in [0.2, 0.25) is 11.8 Å². The summed E-state index contributed by atoms with van der Waals surface area (Å²) in [6, 6.07) is 16.3. The monoisotopic (exact) mass is 520 g/mol. The second kappa shape index (κ2) is 14.2. The van der Waals surface area contributed by atoms with Crippen molar-refractivity contribution in [2.24, 2.45) is 0 Å². The van der Waals surface area contributed by atoms with Crippen molar-refractivity contribution in [3.8, 4) is 6.07 Å². The molecule has 0 spiro atoms. The second-order valence-electron chi connectivity index (χ2n) is 10.5. The lowest BCUT2D eigenvalue weighted by atomic mass is 9.99. The Balaban J connectivity index is 2.50. The number of hydrogen-bond acceptors (Lipinski definition) is 5. The molecule has 8 heteroatoms. The van der Waals surface area contributed by atoms with E-state index in [0.717, 1.165) is 24.0 Å². The molecule has 0 aliphatic carbocycles. The van der Waals surface area contributed by atoms with Crippen molar-refractivity contribution in [3.05, 3.63) is 71.3 Å². The van der Waals surface area contributed by atoms with Gasteiger partial charge in [0.25, 0.3) is 0 Å². The number of carbonyl (C=O) groups excluding carboxylic acids is 3. The molecule has 0 saturated carbocycles. The maximum Gasteiger partial charge on any atom is 0.408 e. The van der Waals surface area contributed by atoms with Crippen LogP contribution in [0.2, 0.25) is 0 Å². The molecule has 0 saturated heterocycles. The van der Waals surface area contributed by atoms with Gasteiger partial charge in [0.15, 0.2) is 0 Å². The molecule has 0 radical (unpaired) electrons. The summed E-state index contributed by atoms with van der Waals surface area (Å²) in [7, 11) is 0. The smallest absolute Gasteiger partial charge is 0.408 e. The number of ether oxygens (including phenoxy) is 1. The summed E-state index contributed by atoms with van der Waals surface area (Å²) in [4.78, 5) is 41.6. The van der Waals surface area contributed by atoms with Gasteiger partial charge in [-0.1, -0.05) is 73.5 Å². The molecule has 3 unspecified atom stereocenters. The third-order valence-corrected chi connectivity index (χ3v) is 5.86. The van der Waals surface area contributed by atoms with Crippen molar-refractivity contribution in [3.63, 3.8) is 0 Å². The fourth-order valence-corrected chi connectivity index (χ4v) is 4.12. The van der Waals surface area contributed by atoms with E-state index < -0.39 is 29.7 Å². The van der Waals surface area contributed by atoms with Gasteiger partial charge < -0.3 is 20.3 Å². The van der Waals surface area contributed by atoms with E-state index in [-0.39, 0.29) is 24.9 Å². The Morgan fingerprint density at radius 2 is 1.66 bits per heavy atom. The number of benzene rings is 2. The molecule has 2 rings (SSSR count). The van der Waals surface area contributed by atoms with Crippen LogP contribution in [0.15, 0.2) is 54.6 Å². The Bertz CT molecular complexity index is 1100. The Labute approximate surface area is 226 Å². The lowest BCUT2D eigenvalue weighted by Crippen LogP contribution is -2.54. The van der Waals surface area contributed by atoms with Gasteiger partial charge in [-0.15, -0.1) is 0 Å². The zero-order valence-corrected chi connectivity index (χ0v) is 23.3. The molecule has 38 heavy (non-hydrogen) atoms. The number of aryl methyl sites for hydroxylation is 1. The van der Waals surface area contributed by atoms with E-state index in [2.05, 4.69) is 10.6 Å². The van der Waals surface area contributed by atoms with E-state index in [1.165, 1.54) is 4.90 Å². The van der Waals surface area contributed by atoms with E-state index in [0.29, 0.717) is 5.56 Å². The van der Waals surface area contributed by atoms with Crippen LogP contribution in [0.4, 0.5) is 4.79 Å². The highest BCUT2D eigenvalue weighted by Gasteiger charge is 2.36. The number of nitrogens with zero attached hydrogens (tertiary/aromatic N) is 2. The maximum atomic E-state index is 14.1. The average molecular weight is 521 g/mol. The number of nitriles is 1. The summed E-state index contributed by atoms with van der Waals surface area (Å²) in [6.07, 6.45) is 1.07. The van der Waals surface area contributed by atoms with E-state index >= 15 is 0 Å². The highest BCUT2D eigenvalue weighted by molar-refractivity contribution is 5.92. The molecule has 2 aromatic carbocycles. The first-order valence-corrected chi connectivity index (χ1v) is 13.0. The molecular weight excluding hydrogens is 480 g/mol. The molecule has 0 aromatic heterocycles. The van der Waals surface area contributed by atoms with Crippen molar-refractivity contribution >= 4 is 17.9 Å². The minimum atomic E-state index is -1.06. The first-order valence-electron chi connectivity index (χ1n) is 13.0. The number of hydrogen-bond donors (Lipinski definition) is 2. The molecular formula is C30H40N4O4. The van der Waals surface area contributed by atoms with Crippen LogP contribution in [0, 0.1) is 18.3 Å². The van der Waals surface area contributed by atoms with Gasteiger partial charge in [-0.25, -0.2) is 4.79 Å². The molecule has 204 valence electrons. The van der Waals surface area contributed by atoms with Gasteiger partial charge >= 0.3 is 6.09 Å². The number of amides is 3. The van der Waals surface area contributed by atoms with Gasteiger partial charge in [0.1, 0.15) is 24.2 Å². The Hall–Kier alpha value is -3.86. The van der Waals surface area contributed by atoms with Crippen LogP contribution in [-0.2, 0) is 20.7 Å². The predicted octanol–water partition coefficient (Wildman–Crippen LogP) is 4.83. The van der Waals surface area contributed by atoms with Gasteiger partial charge in [-0.05, 0) is 52.2 Å². The molecule has 0 heterocycles. The normalized spacial score (nSPS) is 13.4. The van der Waals surface area contributed by atoms with Crippen LogP contribution in [0.25, 0.3) is 0 Å². The molecule has 0 bridgehead atoms. The fourth-order valence-electron chi connectivity index (χ4n) is 4.12. The number of alkyl carbamates (subject to hydrolysis) is 1. The molecule has 8 nitrogen and oxygen atoms in total. The van der Waals surface area contributed by atoms with E-state index in [1.54, 1.807) is 32.9 Å². The number of rotatable bonds is 11. The van der Waals surface area contributed by atoms with Crippen molar-refractivity contribution in [1.29, 1.82) is 5.26 Å². The molecule has 3 amide bonds. The van der Waals surface area contributed by atoms with Gasteiger partial charge in [-0.3, -0.25) is 9.59 Å². The molecule has 0 fully saturated rings. The summed E-state index contributed by atoms with van der Waals surface area (Å²) in [5.41, 5.74) is 1.62. The van der Waals surface area contributed by atoms with E-state index in [4.69, 9.17) is 4.74 Å². The van der Waals surface area contributed by atoms with Crippen molar-refractivity contribution < 1.29 is 19.1 Å². The third kappa shape index (κ3) is 9.55. The zero-order valence-electron chi connectivity index (χ0n) is 23.3. The first kappa shape index (κ1) is 30.4. The highest BCUT2D eigenvalue weighted by Crippen LogP contribution is 2.24. The Morgan fingerprint density at radius 1 is 1.03 bits per heavy atom. The van der Waals surface area contributed by atoms with Gasteiger partial charge in [0, 0.05) is 12.5 Å². The zero-order chi connectivity index (χ0) is 28.3. The van der Waals surface area contributed by atoms with Crippen LogP contribution in [0.1, 0.15) is 70.2 Å². The molecule has 0 aliphatic heterocycles. The molecule has 2 aromatic rings. The summed E-state index contributed by atoms with van der Waals surface area (Å²) in [6.45, 7) is 10.7. The van der Waals surface area contributed by atoms with Gasteiger partial charge in [0.05, 0.1) is 6.07 Å². The van der Waals surface area contributed by atoms with Crippen molar-refractivity contribution in [1.82, 2.24) is 15.5 Å². The minimum absolute atomic E-state index is 0.112. The Kier molecular flexibility index (Phi) is 11.3. The largest absolute Gasteiger partial charge is 0.444 e. The SMILES string of the molecule is CCCC(C)NC(=O)C(c1ccc(C)cc1)N(CC#N)C(=O)C(Cc1ccccc1)NC(=O)OC(C)(C)C. The van der Waals surface area contributed by atoms with Crippen LogP contribution in [0.3, 0.4) is 0 Å². The van der Waals surface area contributed by atoms with Crippen LogP contribution in [0.5, 0.6) is 0 Å². The third-order valence-electron chi connectivity index (χ3n) is 5.86. The lowest BCUT2D eigenvalue weighted by molar-refractivity contribution is -0.142. The number of carbonyl (C=O) groups is 3. The van der Waals surface area contributed by atoms with Crippen molar-refractivity contribution in [2.75, 3.05) is 6.54 Å². The quantitative estimate of drug-likeness (QED) is 0.412. The average Bonchev–Trinajstić information content (AvgIpc) is 2.83. The fraction of sp³-hybridized carbons (Fsp3) is 0.467. The van der Waals surface area contributed by atoms with Gasteiger partial charge in [-0.2, -0.15) is 5.26 Å². The van der Waals surface area contributed by atoms with Crippen LogP contribution < -0.4 is 10.6 Å². The number of nitrogens with one attached hydrogen (secondary N) is 2. The second-order valence-corrected chi connectivity index (χ2v) is 10.5. The van der Waals surface area contributed by atoms with Crippen molar-refractivity contribution in [2.45, 2.75) is 84.5 Å². The van der Waals surface area contributed by atoms with E-state index in [9.17, 15) is 19.6 Å². The Morgan fingerprint density at radius 3 is 2.21 bits per heavy atom. The highest BCUT2D eigenvalue weighted by atomic mass is 16.6. The standard InChI is InChI=1S/C30H40N4O4/c1-7-11-22(3)32-27(35)26(24-16-14-21(2)15-17-24)34(19-18-31)28(36)25(20-23-12-9-8-10-13-23)33-29(37)38-30(4,5)6/h8-10,12-17,22,25-26H,7,11,19-20H2,1-6H3,(H,32,35)(H,33,37). The van der Waals surface area contributed by atoms with E-state index in [1.807, 2.05) is 69.3 Å². The molecule has 2 N–H and O–H groups in total. The summed E-state index contributed by atoms with van der Waals surface area (Å²) in [5.74, 6) is -0.931. The lowest BCUT2D eigenvalue weighted by Gasteiger charge is -2.33. The predicted molar refractivity (Wildman–Crippen MR) is 147 cm³/mol. The first-order chi connectivity index (χ1) is 17.9.